The molecule has 4 atom stereocenters. The van der Waals surface area contributed by atoms with Crippen LogP contribution in [0.25, 0.3) is 0 Å². The van der Waals surface area contributed by atoms with Gasteiger partial charge in [0.05, 0.1) is 17.3 Å². The summed E-state index contributed by atoms with van der Waals surface area (Å²) in [4.78, 5) is 54.9. The van der Waals surface area contributed by atoms with Crippen LogP contribution in [-0.4, -0.2) is 93.6 Å². The third-order valence-corrected chi connectivity index (χ3v) is 8.35. The molecule has 210 valence electrons. The Kier molecular flexibility index (Phi) is 7.21. The lowest BCUT2D eigenvalue weighted by atomic mass is 9.58. The van der Waals surface area contributed by atoms with Gasteiger partial charge in [-0.3, -0.25) is 24.1 Å². The highest BCUT2D eigenvalue weighted by atomic mass is 32.2. The van der Waals surface area contributed by atoms with Gasteiger partial charge in [0.2, 0.25) is 5.78 Å². The van der Waals surface area contributed by atoms with Crippen molar-refractivity contribution in [2.75, 3.05) is 44.2 Å². The highest BCUT2D eigenvalue weighted by Crippen LogP contribution is 2.53. The van der Waals surface area contributed by atoms with Crippen LogP contribution in [0.5, 0.6) is 5.75 Å². The molecule has 3 aliphatic carbocycles. The van der Waals surface area contributed by atoms with Crippen LogP contribution in [0.2, 0.25) is 0 Å². The number of primary amides is 1. The lowest BCUT2D eigenvalue weighted by Crippen LogP contribution is -2.63. The predicted molar refractivity (Wildman–Crippen MR) is 145 cm³/mol. The van der Waals surface area contributed by atoms with E-state index < -0.39 is 69.0 Å². The molecule has 0 aliphatic heterocycles. The number of aromatic hydroxyl groups is 1. The van der Waals surface area contributed by atoms with E-state index >= 15 is 0 Å². The zero-order valence-electron chi connectivity index (χ0n) is 22.2. The van der Waals surface area contributed by atoms with E-state index in [1.165, 1.54) is 4.90 Å². The predicted octanol–water partition coefficient (Wildman–Crippen LogP) is 1.47. The normalized spacial score (nSPS) is 26.3. The van der Waals surface area contributed by atoms with Crippen LogP contribution in [-0.2, 0) is 16.0 Å². The van der Waals surface area contributed by atoms with E-state index in [4.69, 9.17) is 5.73 Å². The number of carbonyl (C=O) groups excluding carboxylic acids is 4. The number of aliphatic hydroxyl groups is 3. The van der Waals surface area contributed by atoms with Gasteiger partial charge in [-0.15, -0.1) is 0 Å². The summed E-state index contributed by atoms with van der Waals surface area (Å²) in [6.07, 6.45) is 0.137. The Morgan fingerprint density at radius 3 is 2.36 bits per heavy atom. The van der Waals surface area contributed by atoms with E-state index in [-0.39, 0.29) is 29.7 Å². The van der Waals surface area contributed by atoms with Crippen molar-refractivity contribution in [3.63, 3.8) is 0 Å². The van der Waals surface area contributed by atoms with Crippen LogP contribution in [0.15, 0.2) is 28.7 Å². The maximum Gasteiger partial charge on any atom is 0.283 e. The van der Waals surface area contributed by atoms with Gasteiger partial charge in [0.25, 0.3) is 11.1 Å². The van der Waals surface area contributed by atoms with Gasteiger partial charge in [0.15, 0.2) is 17.1 Å². The number of amides is 2. The Bertz CT molecular complexity index is 1370. The minimum atomic E-state index is -2.71. The Labute approximate surface area is 229 Å². The van der Waals surface area contributed by atoms with E-state index in [1.54, 1.807) is 46.1 Å². The van der Waals surface area contributed by atoms with Crippen LogP contribution in [0.3, 0.4) is 0 Å². The van der Waals surface area contributed by atoms with E-state index in [0.717, 1.165) is 11.8 Å². The number of anilines is 2. The molecule has 13 heteroatoms. The molecule has 0 heterocycles. The molecular weight excluding hydrogens is 528 g/mol. The lowest BCUT2D eigenvalue weighted by molar-refractivity contribution is -0.148. The van der Waals surface area contributed by atoms with Gasteiger partial charge in [0, 0.05) is 31.3 Å². The van der Waals surface area contributed by atoms with E-state index in [1.807, 2.05) is 0 Å². The third kappa shape index (κ3) is 4.15. The van der Waals surface area contributed by atoms with Crippen LogP contribution >= 0.6 is 11.8 Å². The van der Waals surface area contributed by atoms with E-state index in [2.05, 4.69) is 5.32 Å². The monoisotopic (exact) mass is 560 g/mol. The summed E-state index contributed by atoms with van der Waals surface area (Å²) in [5.41, 5.74) is 2.36. The second-order valence-corrected chi connectivity index (χ2v) is 11.6. The summed E-state index contributed by atoms with van der Waals surface area (Å²) >= 11 is 0.977. The SMILES string of the molecule is CCSC(=O)Nc1cc(N(C)C)c2c(c1O)C(=O)C1=C(O)[C@]3(O)C(=O)C(C(N)=O)=C(O)[C@@H](N(C)C)[C@@H]3C[C@@H]1C2. The standard InChI is InChI=1S/C26H32N4O8S/c1-6-39-25(37)28-13-9-14(29(2)3)11-7-10-8-12-18(30(4)5)21(33)17(24(27)36)23(35)26(12,38)22(34)15(10)20(32)16(11)19(13)31/h9-10,12,18,31,33-34,38H,6-8H2,1-5H3,(H2,27,36)(H,28,37)/t10-,12-,18-,26-/m0/s1. The number of carbonyl (C=O) groups is 4. The van der Waals surface area contributed by atoms with Gasteiger partial charge in [-0.2, -0.15) is 0 Å². The number of fused-ring (bicyclic) bond motifs is 3. The Morgan fingerprint density at radius 2 is 1.82 bits per heavy atom. The highest BCUT2D eigenvalue weighted by molar-refractivity contribution is 8.13. The Hall–Kier alpha value is -3.55. The molecule has 0 spiro atoms. The molecule has 39 heavy (non-hydrogen) atoms. The van der Waals surface area contributed by atoms with Crippen LogP contribution < -0.4 is 16.0 Å². The first-order chi connectivity index (χ1) is 18.2. The quantitative estimate of drug-likeness (QED) is 0.226. The number of likely N-dealkylation sites (N-methyl/N-ethyl adjacent to an activating group) is 1. The lowest BCUT2D eigenvalue weighted by Gasteiger charge is -2.50. The van der Waals surface area contributed by atoms with Crippen LogP contribution in [0.1, 0.15) is 29.3 Å². The minimum absolute atomic E-state index is 0.00651. The van der Waals surface area contributed by atoms with Crippen molar-refractivity contribution < 1.29 is 39.6 Å². The number of rotatable bonds is 5. The average molecular weight is 561 g/mol. The molecule has 4 rings (SSSR count). The molecule has 0 aromatic heterocycles. The number of thioether (sulfide) groups is 1. The van der Waals surface area contributed by atoms with Crippen molar-refractivity contribution in [2.45, 2.75) is 31.4 Å². The Morgan fingerprint density at radius 1 is 1.18 bits per heavy atom. The smallest absolute Gasteiger partial charge is 0.283 e. The third-order valence-electron chi connectivity index (χ3n) is 7.69. The van der Waals surface area contributed by atoms with Gasteiger partial charge in [-0.25, -0.2) is 0 Å². The molecule has 12 nitrogen and oxygen atoms in total. The zero-order chi connectivity index (χ0) is 29.1. The number of hydrogen-bond donors (Lipinski definition) is 6. The molecule has 7 N–H and O–H groups in total. The fourth-order valence-electron chi connectivity index (χ4n) is 6.07. The van der Waals surface area contributed by atoms with Crippen molar-refractivity contribution in [3.05, 3.63) is 39.9 Å². The summed E-state index contributed by atoms with van der Waals surface area (Å²) in [5.74, 6) is -6.78. The first-order valence-corrected chi connectivity index (χ1v) is 13.3. The number of nitrogens with zero attached hydrogens (tertiary/aromatic N) is 2. The van der Waals surface area contributed by atoms with Gasteiger partial charge < -0.3 is 36.4 Å². The van der Waals surface area contributed by atoms with Gasteiger partial charge in [-0.05, 0) is 50.2 Å². The summed E-state index contributed by atoms with van der Waals surface area (Å²) in [5, 5.41) is 47.2. The maximum atomic E-state index is 13.9. The second-order valence-electron chi connectivity index (χ2n) is 10.3. The minimum Gasteiger partial charge on any atom is -0.510 e. The second kappa shape index (κ2) is 9.88. The van der Waals surface area contributed by atoms with Crippen molar-refractivity contribution in [1.29, 1.82) is 0 Å². The molecule has 3 aliphatic rings. The number of Topliss-reactive ketones (excluding diaryl/α,β-unsaturated/α-hetero) is 2. The molecule has 1 aromatic rings. The van der Waals surface area contributed by atoms with Crippen LogP contribution in [0.4, 0.5) is 16.2 Å². The molecule has 0 bridgehead atoms. The van der Waals surface area contributed by atoms with E-state index in [9.17, 15) is 39.6 Å². The van der Waals surface area contributed by atoms with Crippen LogP contribution in [0, 0.1) is 11.8 Å². The molecular formula is C26H32N4O8S. The topological polar surface area (TPSA) is 194 Å². The van der Waals surface area contributed by atoms with Crippen molar-refractivity contribution >= 4 is 45.8 Å². The molecule has 0 saturated carbocycles. The number of nitrogens with one attached hydrogen (secondary N) is 1. The molecule has 2 amide bonds. The van der Waals surface area contributed by atoms with E-state index in [0.29, 0.717) is 17.0 Å². The first-order valence-electron chi connectivity index (χ1n) is 12.3. The molecule has 1 aromatic carbocycles. The molecule has 0 unspecified atom stereocenters. The van der Waals surface area contributed by atoms with Crippen molar-refractivity contribution in [1.82, 2.24) is 4.90 Å². The summed E-state index contributed by atoms with van der Waals surface area (Å²) in [6, 6.07) is 0.495. The highest BCUT2D eigenvalue weighted by Gasteiger charge is 2.63. The first kappa shape index (κ1) is 28.5. The van der Waals surface area contributed by atoms with Crippen molar-refractivity contribution in [3.8, 4) is 5.75 Å². The number of benzene rings is 1. The summed E-state index contributed by atoms with van der Waals surface area (Å²) in [6.45, 7) is 1.79. The van der Waals surface area contributed by atoms with Gasteiger partial charge in [-0.1, -0.05) is 18.7 Å². The van der Waals surface area contributed by atoms with Gasteiger partial charge >= 0.3 is 0 Å². The number of hydrogen-bond acceptors (Lipinski definition) is 11. The number of ketones is 2. The van der Waals surface area contributed by atoms with Gasteiger partial charge in [0.1, 0.15) is 17.1 Å². The number of nitrogens with two attached hydrogens (primary N) is 1. The summed E-state index contributed by atoms with van der Waals surface area (Å²) < 4.78 is 0. The summed E-state index contributed by atoms with van der Waals surface area (Å²) in [7, 11) is 6.62. The number of phenols is 1. The largest absolute Gasteiger partial charge is 0.510 e. The van der Waals surface area contributed by atoms with Crippen molar-refractivity contribution in [2.24, 2.45) is 17.6 Å². The maximum absolute atomic E-state index is 13.9. The zero-order valence-corrected chi connectivity index (χ0v) is 23.0. The fraction of sp³-hybridized carbons (Fsp3) is 0.462. The molecule has 0 saturated heterocycles. The number of allylic oxidation sites excluding steroid dienone is 1. The molecule has 0 radical (unpaired) electrons. The molecule has 0 fully saturated rings. The Balaban J connectivity index is 1.95. The number of phenolic OH excluding ortho intramolecular Hbond substituents is 1. The fourth-order valence-corrected chi connectivity index (χ4v) is 6.51. The number of aliphatic hydroxyl groups excluding tert-OH is 2. The average Bonchev–Trinajstić information content (AvgIpc) is 2.82.